The second-order valence-electron chi connectivity index (χ2n) is 4.57. The number of rotatable bonds is 1. The molecule has 1 atom stereocenters. The lowest BCUT2D eigenvalue weighted by Crippen LogP contribution is -2.45. The Morgan fingerprint density at radius 3 is 2.38 bits per heavy atom. The molecule has 1 unspecified atom stereocenters. The molecule has 0 aromatic carbocycles. The fourth-order valence-corrected chi connectivity index (χ4v) is 0.904. The van der Waals surface area contributed by atoms with Gasteiger partial charge in [0, 0.05) is 19.1 Å². The maximum absolute atomic E-state index is 10.0. The van der Waals surface area contributed by atoms with Crippen LogP contribution in [0.25, 0.3) is 0 Å². The van der Waals surface area contributed by atoms with Crippen molar-refractivity contribution in [1.29, 1.82) is 0 Å². The zero-order valence-corrected chi connectivity index (χ0v) is 10.3. The van der Waals surface area contributed by atoms with Crippen molar-refractivity contribution in [3.05, 3.63) is 5.70 Å². The molecular formula is C11H20N2O3. The Balaban J connectivity index is 0.000000293. The van der Waals surface area contributed by atoms with E-state index in [9.17, 15) is 9.59 Å². The summed E-state index contributed by atoms with van der Waals surface area (Å²) in [5.74, 6) is 1.82. The van der Waals surface area contributed by atoms with Crippen molar-refractivity contribution in [2.75, 3.05) is 13.1 Å². The normalized spacial score (nSPS) is 19.8. The van der Waals surface area contributed by atoms with E-state index in [4.69, 9.17) is 0 Å². The van der Waals surface area contributed by atoms with Crippen molar-refractivity contribution >= 4 is 12.4 Å². The molecule has 2 N–H and O–H groups in total. The second-order valence-corrected chi connectivity index (χ2v) is 4.57. The van der Waals surface area contributed by atoms with E-state index < -0.39 is 0 Å². The number of hydrogen-bond acceptors (Lipinski definition) is 5. The molecule has 1 rings (SSSR count). The number of carbonyl (C=O) groups is 1. The molecule has 5 nitrogen and oxygen atoms in total. The summed E-state index contributed by atoms with van der Waals surface area (Å²) in [5.41, 5.74) is 0.315. The van der Waals surface area contributed by atoms with E-state index in [0.717, 1.165) is 6.54 Å². The summed E-state index contributed by atoms with van der Waals surface area (Å²) in [4.78, 5) is 19.6. The molecule has 1 saturated heterocycles. The summed E-state index contributed by atoms with van der Waals surface area (Å²) in [5, 5.41) is 6.07. The van der Waals surface area contributed by atoms with Gasteiger partial charge in [0.1, 0.15) is 17.2 Å². The van der Waals surface area contributed by atoms with Crippen LogP contribution in [0.2, 0.25) is 0 Å². The van der Waals surface area contributed by atoms with Gasteiger partial charge >= 0.3 is 0 Å². The third-order valence-corrected chi connectivity index (χ3v) is 1.77. The summed E-state index contributed by atoms with van der Waals surface area (Å²) >= 11 is 0. The molecule has 92 valence electrons. The van der Waals surface area contributed by atoms with Gasteiger partial charge in [0.05, 0.1) is 0 Å². The third kappa shape index (κ3) is 8.03. The first-order valence-electron chi connectivity index (χ1n) is 5.21. The number of nitrogens with one attached hydrogen (secondary N) is 2. The Hall–Kier alpha value is -1.32. The van der Waals surface area contributed by atoms with Gasteiger partial charge in [-0.2, -0.15) is 0 Å². The average Bonchev–Trinajstić information content (AvgIpc) is 2.18. The van der Waals surface area contributed by atoms with Gasteiger partial charge in [0.15, 0.2) is 0 Å². The highest BCUT2D eigenvalue weighted by Gasteiger charge is 2.09. The quantitative estimate of drug-likeness (QED) is 0.497. The lowest BCUT2D eigenvalue weighted by atomic mass is 10.2. The van der Waals surface area contributed by atoms with Crippen LogP contribution in [0.15, 0.2) is 5.70 Å². The van der Waals surface area contributed by atoms with Crippen LogP contribution in [0.4, 0.5) is 0 Å². The van der Waals surface area contributed by atoms with Crippen molar-refractivity contribution in [2.45, 2.75) is 39.3 Å². The first-order chi connectivity index (χ1) is 7.39. The average molecular weight is 228 g/mol. The molecule has 1 heterocycles. The molecule has 1 aliphatic heterocycles. The van der Waals surface area contributed by atoms with Crippen molar-refractivity contribution in [1.82, 2.24) is 10.6 Å². The van der Waals surface area contributed by atoms with Crippen LogP contribution < -0.4 is 10.6 Å². The second kappa shape index (κ2) is 7.04. The minimum absolute atomic E-state index is 0.318. The van der Waals surface area contributed by atoms with Gasteiger partial charge in [0.25, 0.3) is 6.47 Å². The molecule has 0 aromatic heterocycles. The van der Waals surface area contributed by atoms with Crippen LogP contribution in [0.5, 0.6) is 0 Å². The van der Waals surface area contributed by atoms with Gasteiger partial charge < -0.3 is 15.4 Å². The van der Waals surface area contributed by atoms with Crippen LogP contribution in [-0.2, 0) is 14.3 Å². The lowest BCUT2D eigenvalue weighted by Gasteiger charge is -2.21. The molecule has 1 aliphatic rings. The van der Waals surface area contributed by atoms with Gasteiger partial charge in [-0.1, -0.05) is 0 Å². The van der Waals surface area contributed by atoms with Crippen molar-refractivity contribution in [2.24, 2.45) is 0 Å². The molecule has 0 bridgehead atoms. The maximum Gasteiger partial charge on any atom is 0.293 e. The summed E-state index contributed by atoms with van der Waals surface area (Å²) in [6.07, 6.45) is 0. The van der Waals surface area contributed by atoms with Gasteiger partial charge in [0.2, 0.25) is 0 Å². The molecule has 0 spiro atoms. The highest BCUT2D eigenvalue weighted by atomic mass is 16.5. The van der Waals surface area contributed by atoms with E-state index >= 15 is 0 Å². The monoisotopic (exact) mass is 228 g/mol. The number of carbonyl (C=O) groups excluding carboxylic acids is 2. The molecule has 16 heavy (non-hydrogen) atoms. The van der Waals surface area contributed by atoms with E-state index in [2.05, 4.69) is 22.3 Å². The molecule has 0 saturated carbocycles. The van der Waals surface area contributed by atoms with Crippen molar-refractivity contribution < 1.29 is 14.3 Å². The summed E-state index contributed by atoms with van der Waals surface area (Å²) < 4.78 is 4.55. The van der Waals surface area contributed by atoms with Crippen molar-refractivity contribution in [3.8, 4) is 0 Å². The minimum Gasteiger partial charge on any atom is -0.462 e. The topological polar surface area (TPSA) is 67.4 Å². The summed E-state index contributed by atoms with van der Waals surface area (Å²) in [7, 11) is 0. The molecule has 0 aromatic rings. The zero-order valence-electron chi connectivity index (χ0n) is 10.3. The highest BCUT2D eigenvalue weighted by Crippen LogP contribution is 2.02. The first kappa shape index (κ1) is 14.7. The van der Waals surface area contributed by atoms with Crippen LogP contribution in [0.3, 0.4) is 0 Å². The molecule has 5 heteroatoms. The zero-order chi connectivity index (χ0) is 12.6. The van der Waals surface area contributed by atoms with E-state index in [0.29, 0.717) is 24.8 Å². The fraction of sp³-hybridized carbons (Fsp3) is 0.727. The molecule has 0 radical (unpaired) electrons. The van der Waals surface area contributed by atoms with E-state index in [1.165, 1.54) is 0 Å². The number of hydrogen-bond donors (Lipinski definition) is 2. The Kier molecular flexibility index (Phi) is 6.46. The third-order valence-electron chi connectivity index (χ3n) is 1.77. The lowest BCUT2D eigenvalue weighted by molar-refractivity contribution is -0.138. The molecule has 0 aliphatic carbocycles. The first-order valence-corrected chi connectivity index (χ1v) is 5.21. The van der Waals surface area contributed by atoms with Gasteiger partial charge in [-0.05, 0) is 27.7 Å². The van der Waals surface area contributed by atoms with E-state index in [1.807, 2.05) is 26.7 Å². The molecule has 0 amide bonds. The Morgan fingerprint density at radius 1 is 1.50 bits per heavy atom. The minimum atomic E-state index is -0.318. The smallest absolute Gasteiger partial charge is 0.293 e. The molecule has 1 fully saturated rings. The predicted octanol–water partition coefficient (Wildman–Crippen LogP) is 0.241. The van der Waals surface area contributed by atoms with Crippen LogP contribution in [-0.4, -0.2) is 37.1 Å². The van der Waals surface area contributed by atoms with Crippen LogP contribution in [0.1, 0.15) is 27.7 Å². The maximum atomic E-state index is 10.0. The van der Waals surface area contributed by atoms with E-state index in [1.54, 1.807) is 0 Å². The fourth-order valence-electron chi connectivity index (χ4n) is 0.904. The van der Waals surface area contributed by atoms with Crippen LogP contribution in [0, 0.1) is 0 Å². The Morgan fingerprint density at radius 2 is 2.12 bits per heavy atom. The highest BCUT2D eigenvalue weighted by molar-refractivity contribution is 5.52. The van der Waals surface area contributed by atoms with Gasteiger partial charge in [-0.3, -0.25) is 4.79 Å². The van der Waals surface area contributed by atoms with Gasteiger partial charge in [-0.25, -0.2) is 4.79 Å². The van der Waals surface area contributed by atoms with E-state index in [-0.39, 0.29) is 5.60 Å². The standard InChI is InChI=1S/C6H10N2O.C5H10O2/c1-5-2-8-6(4-9)3-7-5;1-5(2,3)7-4-6/h5,7-8H,2-3H2,1H3;4H,1-3H3. The van der Waals surface area contributed by atoms with Gasteiger partial charge in [-0.15, -0.1) is 0 Å². The largest absolute Gasteiger partial charge is 0.462 e. The van der Waals surface area contributed by atoms with Crippen LogP contribution >= 0.6 is 0 Å². The number of piperazine rings is 1. The Labute approximate surface area is 96.2 Å². The summed E-state index contributed by atoms with van der Waals surface area (Å²) in [6, 6.07) is 0.460. The number of ether oxygens (including phenoxy) is 1. The SMILES string of the molecule is CC(C)(C)OC=O.CC1CNC(=C=O)CN1. The predicted molar refractivity (Wildman–Crippen MR) is 61.6 cm³/mol. The molecular weight excluding hydrogens is 208 g/mol. The summed E-state index contributed by atoms with van der Waals surface area (Å²) in [6.45, 7) is 9.44. The van der Waals surface area contributed by atoms with Crippen molar-refractivity contribution in [3.63, 3.8) is 0 Å². The Bertz CT molecular complexity index is 255.